The van der Waals surface area contributed by atoms with Crippen LogP contribution in [0.4, 0.5) is 0 Å². The van der Waals surface area contributed by atoms with Crippen molar-refractivity contribution in [3.63, 3.8) is 0 Å². The zero-order valence-corrected chi connectivity index (χ0v) is 10.5. The lowest BCUT2D eigenvalue weighted by Crippen LogP contribution is -2.33. The molecule has 0 saturated carbocycles. The van der Waals surface area contributed by atoms with E-state index in [2.05, 4.69) is 6.07 Å². The molecule has 63 valence electrons. The van der Waals surface area contributed by atoms with Crippen LogP contribution in [-0.2, 0) is 0 Å². The highest BCUT2D eigenvalue weighted by Crippen LogP contribution is 1.96. The number of nitriles is 1. The Labute approximate surface area is 120 Å². The predicted molar refractivity (Wildman–Crippen MR) is 91.7 cm³/mol. The molecule has 0 saturated heterocycles. The van der Waals surface area contributed by atoms with Gasteiger partial charge in [0.15, 0.2) is 0 Å². The Morgan fingerprint density at radius 2 is 1.41 bits per heavy atom. The first-order valence-corrected chi connectivity index (χ1v) is 6.32. The molecule has 0 aliphatic rings. The van der Waals surface area contributed by atoms with Crippen molar-refractivity contribution in [2.45, 2.75) is 6.42 Å². The zero-order valence-electron chi connectivity index (χ0n) is 9.70. The van der Waals surface area contributed by atoms with E-state index in [4.69, 9.17) is 13.0 Å². The van der Waals surface area contributed by atoms with Gasteiger partial charge in [-0.25, -0.2) is 11.6 Å². The summed E-state index contributed by atoms with van der Waals surface area (Å²) in [5.74, 6) is 0.851. The van der Waals surface area contributed by atoms with Gasteiger partial charge in [-0.1, -0.05) is 0 Å². The summed E-state index contributed by atoms with van der Waals surface area (Å²) in [6, 6.07) is 2.10. The summed E-state index contributed by atoms with van der Waals surface area (Å²) in [5, 5.41) is 8.31. The van der Waals surface area contributed by atoms with Crippen molar-refractivity contribution in [2.24, 2.45) is 0 Å². The van der Waals surface area contributed by atoms with Crippen LogP contribution in [0.25, 0.3) is 0 Å². The second-order valence-electron chi connectivity index (χ2n) is 2.84. The molecule has 14 heteroatoms. The molecular formula is C3H4B12NS. The lowest BCUT2D eigenvalue weighted by atomic mass is 8.87. The fraction of sp³-hybridized carbons (Fsp3) is 0.667. The maximum atomic E-state index is 8.31. The van der Waals surface area contributed by atoms with Gasteiger partial charge in [-0.15, -0.1) is 0 Å². The van der Waals surface area contributed by atoms with Gasteiger partial charge in [-0.05, 0) is 5.75 Å². The Kier molecular flexibility index (Phi) is 17.2. The van der Waals surface area contributed by atoms with Gasteiger partial charge >= 0.3 is 0 Å². The first kappa shape index (κ1) is 17.6. The normalized spacial score (nSPS) is 7.71. The standard InChI is InChI=1S/C3H4B12NS/c4-5-6-7-8-9-10-11-12-13-14-15-17-3-1-2-16/h1,3H2. The molecule has 17 heavy (non-hydrogen) atoms. The van der Waals surface area contributed by atoms with Gasteiger partial charge < -0.3 is 0 Å². The number of rotatable bonds is 13. The summed E-state index contributed by atoms with van der Waals surface area (Å²) in [7, 11) is 23.9. The Bertz CT molecular complexity index is 185. The summed E-state index contributed by atoms with van der Waals surface area (Å²) < 4.78 is 0. The molecule has 0 amide bonds. The van der Waals surface area contributed by atoms with Crippen molar-refractivity contribution in [3.05, 3.63) is 0 Å². The van der Waals surface area contributed by atoms with Crippen LogP contribution in [0, 0.1) is 11.3 Å². The van der Waals surface area contributed by atoms with E-state index >= 15 is 0 Å². The zero-order chi connectivity index (χ0) is 12.6. The average Bonchev–Trinajstić information content (AvgIpc) is 2.35. The van der Waals surface area contributed by atoms with E-state index in [9.17, 15) is 0 Å². The summed E-state index contributed by atoms with van der Waals surface area (Å²) >= 11 is 1.64. The molecular weight excluding hydrogens is 212 g/mol. The monoisotopic (exact) mass is 218 g/mol. The minimum Gasteiger partial charge on any atom is -0.228 e. The fourth-order valence-electron chi connectivity index (χ4n) is 0.787. The minimum absolute atomic E-state index is 0.594. The highest BCUT2D eigenvalue weighted by Gasteiger charge is 1.98. The highest BCUT2D eigenvalue weighted by molar-refractivity contribution is 8.27. The van der Waals surface area contributed by atoms with Crippen LogP contribution < -0.4 is 0 Å². The van der Waals surface area contributed by atoms with Gasteiger partial charge in [-0.3, -0.25) is 0 Å². The Balaban J connectivity index is 2.87. The van der Waals surface area contributed by atoms with Crippen molar-refractivity contribution >= 4 is 96.4 Å². The summed E-state index contributed by atoms with van der Waals surface area (Å²) in [5.41, 5.74) is 0. The molecule has 0 aliphatic carbocycles. The average molecular weight is 216 g/mol. The predicted octanol–water partition coefficient (Wildman–Crippen LogP) is -3.47. The van der Waals surface area contributed by atoms with Gasteiger partial charge in [0.2, 0.25) is 0 Å². The minimum atomic E-state index is 0.594. The van der Waals surface area contributed by atoms with Crippen molar-refractivity contribution in [1.29, 1.82) is 5.26 Å². The van der Waals surface area contributed by atoms with E-state index in [1.807, 2.05) is 62.9 Å². The SMILES string of the molecule is [B][B][B][B][B][B][B][B][B][B][B][B]SCCC#N. The molecule has 0 rings (SSSR count). The first-order valence-electron chi connectivity index (χ1n) is 5.27. The van der Waals surface area contributed by atoms with Crippen LogP contribution >= 0.6 is 11.6 Å². The third-order valence-corrected chi connectivity index (χ3v) is 2.30. The van der Waals surface area contributed by atoms with Gasteiger partial charge in [0, 0.05) is 84.8 Å². The maximum Gasteiger partial charge on any atom is 0.134 e. The molecule has 1 nitrogen and oxygen atoms in total. The summed E-state index contributed by atoms with van der Waals surface area (Å²) in [6.45, 7) is 0. The largest absolute Gasteiger partial charge is 0.228 e. The third-order valence-electron chi connectivity index (χ3n) is 1.51. The van der Waals surface area contributed by atoms with E-state index in [0.717, 1.165) is 5.75 Å². The molecule has 0 aromatic carbocycles. The van der Waals surface area contributed by atoms with Crippen LogP contribution in [-0.4, -0.2) is 90.5 Å². The van der Waals surface area contributed by atoms with E-state index in [-0.39, 0.29) is 0 Å². The van der Waals surface area contributed by atoms with Crippen molar-refractivity contribution in [1.82, 2.24) is 0 Å². The van der Waals surface area contributed by atoms with E-state index in [1.165, 1.54) is 7.06 Å². The Morgan fingerprint density at radius 3 is 1.94 bits per heavy atom. The smallest absolute Gasteiger partial charge is 0.134 e. The number of hydrogen-bond acceptors (Lipinski definition) is 2. The van der Waals surface area contributed by atoms with E-state index in [0.29, 0.717) is 6.42 Å². The summed E-state index contributed by atoms with van der Waals surface area (Å²) in [6.07, 6.45) is 2.58. The molecule has 0 aliphatic heterocycles. The van der Waals surface area contributed by atoms with Crippen LogP contribution in [0.1, 0.15) is 6.42 Å². The maximum absolute atomic E-state index is 8.31. The van der Waals surface area contributed by atoms with Gasteiger partial charge in [0.05, 0.1) is 6.07 Å². The van der Waals surface area contributed by atoms with Crippen molar-refractivity contribution in [2.75, 3.05) is 5.75 Å². The van der Waals surface area contributed by atoms with Gasteiger partial charge in [-0.2, -0.15) is 5.26 Å². The molecule has 0 spiro atoms. The molecule has 0 unspecified atom stereocenters. The summed E-state index contributed by atoms with van der Waals surface area (Å²) in [4.78, 5) is 0. The van der Waals surface area contributed by atoms with Crippen LogP contribution in [0.15, 0.2) is 0 Å². The Morgan fingerprint density at radius 1 is 0.882 bits per heavy atom. The van der Waals surface area contributed by atoms with Crippen LogP contribution in [0.2, 0.25) is 0 Å². The third kappa shape index (κ3) is 16.6. The molecule has 13 radical (unpaired) electrons. The number of nitrogens with zero attached hydrogens (tertiary/aromatic N) is 1. The van der Waals surface area contributed by atoms with Gasteiger partial charge in [0.25, 0.3) is 0 Å². The quantitative estimate of drug-likeness (QED) is 0.236. The second kappa shape index (κ2) is 16.6. The second-order valence-corrected chi connectivity index (χ2v) is 3.85. The lowest BCUT2D eigenvalue weighted by Gasteiger charge is -1.97. The molecule has 0 aromatic heterocycles. The molecule has 0 aromatic rings. The van der Waals surface area contributed by atoms with Crippen molar-refractivity contribution in [3.8, 4) is 6.07 Å². The first-order chi connectivity index (χ1) is 8.41. The lowest BCUT2D eigenvalue weighted by molar-refractivity contribution is 1.25. The van der Waals surface area contributed by atoms with E-state index < -0.39 is 0 Å². The Hall–Kier alpha value is 0.619. The van der Waals surface area contributed by atoms with Crippen molar-refractivity contribution < 1.29 is 0 Å². The molecule has 0 fully saturated rings. The molecule has 0 N–H and O–H groups in total. The molecule has 0 bridgehead atoms. The molecule has 0 atom stereocenters. The van der Waals surface area contributed by atoms with Crippen LogP contribution in [0.3, 0.4) is 0 Å². The van der Waals surface area contributed by atoms with Crippen LogP contribution in [0.5, 0.6) is 0 Å². The van der Waals surface area contributed by atoms with E-state index in [1.54, 1.807) is 18.7 Å². The topological polar surface area (TPSA) is 23.8 Å². The fourth-order valence-corrected chi connectivity index (χ4v) is 1.33. The highest BCUT2D eigenvalue weighted by atomic mass is 32.2. The molecule has 0 heterocycles. The van der Waals surface area contributed by atoms with Gasteiger partial charge in [0.1, 0.15) is 6.45 Å². The number of hydrogen-bond donors (Lipinski definition) is 0.